The van der Waals surface area contributed by atoms with Gasteiger partial charge in [-0.3, -0.25) is 0 Å². The molecule has 0 bridgehead atoms. The van der Waals surface area contributed by atoms with Crippen molar-refractivity contribution in [1.29, 1.82) is 0 Å². The van der Waals surface area contributed by atoms with E-state index in [1.54, 1.807) is 0 Å². The van der Waals surface area contributed by atoms with Gasteiger partial charge < -0.3 is 5.11 Å². The average molecular weight is 202 g/mol. The van der Waals surface area contributed by atoms with Crippen molar-refractivity contribution in [2.75, 3.05) is 6.61 Å². The van der Waals surface area contributed by atoms with Crippen molar-refractivity contribution >= 4 is 8.07 Å². The second kappa shape index (κ2) is 5.16. The van der Waals surface area contributed by atoms with Crippen LogP contribution in [0.4, 0.5) is 0 Å². The molecule has 0 spiro atoms. The van der Waals surface area contributed by atoms with Crippen molar-refractivity contribution in [3.8, 4) is 0 Å². The van der Waals surface area contributed by atoms with Crippen LogP contribution in [0.5, 0.6) is 0 Å². The van der Waals surface area contributed by atoms with Crippen molar-refractivity contribution in [3.63, 3.8) is 0 Å². The van der Waals surface area contributed by atoms with E-state index in [9.17, 15) is 0 Å². The van der Waals surface area contributed by atoms with Crippen LogP contribution in [-0.4, -0.2) is 19.8 Å². The second-order valence-corrected chi connectivity index (χ2v) is 11.4. The number of aliphatic hydroxyl groups excluding tert-OH is 1. The van der Waals surface area contributed by atoms with Crippen molar-refractivity contribution < 1.29 is 5.11 Å². The van der Waals surface area contributed by atoms with Crippen molar-refractivity contribution in [2.45, 2.75) is 64.2 Å². The molecule has 0 radical (unpaired) electrons. The highest BCUT2D eigenvalue weighted by molar-refractivity contribution is 6.80. The summed E-state index contributed by atoms with van der Waals surface area (Å²) in [5, 5.41) is 9.19. The zero-order valence-corrected chi connectivity index (χ0v) is 11.0. The van der Waals surface area contributed by atoms with E-state index < -0.39 is 8.07 Å². The molecular formula is C11H26OSi. The first-order valence-electron chi connectivity index (χ1n) is 5.42. The molecule has 0 aliphatic rings. The number of rotatable bonds is 5. The topological polar surface area (TPSA) is 20.2 Å². The molecule has 0 fully saturated rings. The van der Waals surface area contributed by atoms with E-state index in [1.165, 1.54) is 18.9 Å². The summed E-state index contributed by atoms with van der Waals surface area (Å²) in [4.78, 5) is 0. The van der Waals surface area contributed by atoms with Gasteiger partial charge in [0.2, 0.25) is 0 Å². The summed E-state index contributed by atoms with van der Waals surface area (Å²) in [7, 11) is -1.04. The predicted molar refractivity (Wildman–Crippen MR) is 62.9 cm³/mol. The van der Waals surface area contributed by atoms with Crippen LogP contribution >= 0.6 is 0 Å². The Morgan fingerprint density at radius 1 is 1.00 bits per heavy atom. The van der Waals surface area contributed by atoms with Gasteiger partial charge in [-0.15, -0.1) is 0 Å². The molecule has 0 unspecified atom stereocenters. The lowest BCUT2D eigenvalue weighted by atomic mass is 10.2. The Morgan fingerprint density at radius 3 is 1.92 bits per heavy atom. The quantitative estimate of drug-likeness (QED) is 0.533. The van der Waals surface area contributed by atoms with Gasteiger partial charge in [-0.1, -0.05) is 52.8 Å². The number of hydrogen-bond donors (Lipinski definition) is 1. The van der Waals surface area contributed by atoms with Crippen LogP contribution in [0.2, 0.25) is 24.2 Å². The molecule has 2 heteroatoms. The molecule has 0 aromatic rings. The van der Waals surface area contributed by atoms with Crippen LogP contribution < -0.4 is 0 Å². The summed E-state index contributed by atoms with van der Waals surface area (Å²) in [6, 6.07) is 1.40. The third kappa shape index (κ3) is 4.82. The molecule has 1 nitrogen and oxygen atoms in total. The minimum atomic E-state index is -1.04. The van der Waals surface area contributed by atoms with Gasteiger partial charge in [-0.25, -0.2) is 0 Å². The zero-order chi connectivity index (χ0) is 10.5. The first kappa shape index (κ1) is 13.2. The number of hydrogen-bond acceptors (Lipinski definition) is 1. The second-order valence-electron chi connectivity index (χ2n) is 5.67. The van der Waals surface area contributed by atoms with E-state index in [1.807, 2.05) is 0 Å². The fourth-order valence-electron chi connectivity index (χ4n) is 1.23. The van der Waals surface area contributed by atoms with Crippen LogP contribution in [0.15, 0.2) is 0 Å². The van der Waals surface area contributed by atoms with E-state index in [0.29, 0.717) is 11.6 Å². The van der Waals surface area contributed by atoms with E-state index in [4.69, 9.17) is 5.11 Å². The summed E-state index contributed by atoms with van der Waals surface area (Å²) in [6.45, 7) is 12.4. The van der Waals surface area contributed by atoms with Gasteiger partial charge in [0.25, 0.3) is 0 Å². The summed E-state index contributed by atoms with van der Waals surface area (Å²) in [6.07, 6.45) is 3.48. The summed E-state index contributed by atoms with van der Waals surface area (Å²) < 4.78 is 0. The van der Waals surface area contributed by atoms with Gasteiger partial charge in [0.15, 0.2) is 0 Å². The molecule has 0 aliphatic heterocycles. The van der Waals surface area contributed by atoms with E-state index in [0.717, 1.165) is 6.42 Å². The van der Waals surface area contributed by atoms with Gasteiger partial charge >= 0.3 is 0 Å². The molecule has 0 aliphatic carbocycles. The summed E-state index contributed by atoms with van der Waals surface area (Å²) in [5.74, 6) is 0. The summed E-state index contributed by atoms with van der Waals surface area (Å²) >= 11 is 0. The van der Waals surface area contributed by atoms with Gasteiger partial charge in [0.1, 0.15) is 0 Å². The lowest BCUT2D eigenvalue weighted by Gasteiger charge is -2.37. The predicted octanol–water partition coefficient (Wildman–Crippen LogP) is 3.66. The van der Waals surface area contributed by atoms with Gasteiger partial charge in [0, 0.05) is 6.61 Å². The van der Waals surface area contributed by atoms with Crippen molar-refractivity contribution in [3.05, 3.63) is 0 Å². The molecule has 13 heavy (non-hydrogen) atoms. The van der Waals surface area contributed by atoms with Crippen LogP contribution in [0.25, 0.3) is 0 Å². The Labute approximate surface area is 84.6 Å². The van der Waals surface area contributed by atoms with Crippen molar-refractivity contribution in [1.82, 2.24) is 0 Å². The Kier molecular flexibility index (Phi) is 5.23. The minimum absolute atomic E-state index is 0.359. The first-order chi connectivity index (χ1) is 5.81. The highest BCUT2D eigenvalue weighted by Crippen LogP contribution is 2.39. The van der Waals surface area contributed by atoms with E-state index in [2.05, 4.69) is 33.9 Å². The van der Waals surface area contributed by atoms with E-state index in [-0.39, 0.29) is 0 Å². The molecule has 1 N–H and O–H groups in total. The first-order valence-corrected chi connectivity index (χ1v) is 8.63. The highest BCUT2D eigenvalue weighted by Gasteiger charge is 2.33. The third-order valence-electron chi connectivity index (χ3n) is 3.49. The van der Waals surface area contributed by atoms with Gasteiger partial charge in [-0.2, -0.15) is 0 Å². The molecule has 0 amide bonds. The largest absolute Gasteiger partial charge is 0.396 e. The molecule has 80 valence electrons. The lowest BCUT2D eigenvalue weighted by Crippen LogP contribution is -2.36. The molecule has 0 aromatic carbocycles. The monoisotopic (exact) mass is 202 g/mol. The van der Waals surface area contributed by atoms with Crippen LogP contribution in [0, 0.1) is 0 Å². The molecule has 0 heterocycles. The standard InChI is InChI=1S/C11H26OSi/c1-11(2,3)13(4,5)10-8-6-7-9-12/h12H,6-10H2,1-5H3. The van der Waals surface area contributed by atoms with Crippen LogP contribution in [0.1, 0.15) is 40.0 Å². The van der Waals surface area contributed by atoms with Gasteiger partial charge in [-0.05, 0) is 11.5 Å². The lowest BCUT2D eigenvalue weighted by molar-refractivity contribution is 0.284. The Hall–Kier alpha value is 0.177. The maximum atomic E-state index is 8.67. The molecule has 0 aromatic heterocycles. The Balaban J connectivity index is 3.77. The molecule has 0 rings (SSSR count). The zero-order valence-electron chi connectivity index (χ0n) is 9.98. The van der Waals surface area contributed by atoms with Crippen LogP contribution in [0.3, 0.4) is 0 Å². The van der Waals surface area contributed by atoms with E-state index >= 15 is 0 Å². The Bertz CT molecular complexity index is 136. The normalized spacial score (nSPS) is 13.4. The maximum Gasteiger partial charge on any atom is 0.0527 e. The van der Waals surface area contributed by atoms with Gasteiger partial charge in [0.05, 0.1) is 8.07 Å². The summed E-state index contributed by atoms with van der Waals surface area (Å²) in [5.41, 5.74) is 0. The number of unbranched alkanes of at least 4 members (excludes halogenated alkanes) is 2. The third-order valence-corrected chi connectivity index (χ3v) is 9.15. The van der Waals surface area contributed by atoms with Crippen LogP contribution in [-0.2, 0) is 0 Å². The minimum Gasteiger partial charge on any atom is -0.396 e. The smallest absolute Gasteiger partial charge is 0.0527 e. The fourth-order valence-corrected chi connectivity index (χ4v) is 3.11. The average Bonchev–Trinajstić information content (AvgIpc) is 1.96. The number of aliphatic hydroxyl groups is 1. The SMILES string of the molecule is CC(C)(C)[Si](C)(C)CCCCCO. The fraction of sp³-hybridized carbons (Fsp3) is 1.00. The van der Waals surface area contributed by atoms with Crippen molar-refractivity contribution in [2.24, 2.45) is 0 Å². The molecule has 0 saturated carbocycles. The molecule has 0 atom stereocenters. The highest BCUT2D eigenvalue weighted by atomic mass is 28.3. The maximum absolute atomic E-state index is 8.67. The molecule has 0 saturated heterocycles. The Morgan fingerprint density at radius 2 is 1.54 bits per heavy atom. The molecular weight excluding hydrogens is 176 g/mol.